The highest BCUT2D eigenvalue weighted by Gasteiger charge is 2.07. The summed E-state index contributed by atoms with van der Waals surface area (Å²) in [6.45, 7) is 4.17. The highest BCUT2D eigenvalue weighted by atomic mass is 32.1. The lowest BCUT2D eigenvalue weighted by atomic mass is 10.5. The minimum atomic E-state index is 0.202. The summed E-state index contributed by atoms with van der Waals surface area (Å²) in [6, 6.07) is 4.20. The molecule has 0 aliphatic heterocycles. The smallest absolute Gasteiger partial charge is 0.0851 e. The zero-order valence-electron chi connectivity index (χ0n) is 6.78. The molecule has 62 valence electrons. The van der Waals surface area contributed by atoms with Gasteiger partial charge in [0.05, 0.1) is 5.37 Å². The number of nitrogens with zero attached hydrogens (tertiary/aromatic N) is 1. The molecule has 11 heavy (non-hydrogen) atoms. The quantitative estimate of drug-likeness (QED) is 0.656. The van der Waals surface area contributed by atoms with Crippen LogP contribution in [0.4, 0.5) is 0 Å². The van der Waals surface area contributed by atoms with Crippen molar-refractivity contribution in [1.29, 1.82) is 0 Å². The SMILES string of the molecule is Cc1ccc(C)n1C(S)CS. The summed E-state index contributed by atoms with van der Waals surface area (Å²) in [5, 5.41) is 0.202. The normalized spacial score (nSPS) is 13.5. The van der Waals surface area contributed by atoms with Crippen molar-refractivity contribution in [3.05, 3.63) is 23.5 Å². The molecule has 0 aromatic carbocycles. The van der Waals surface area contributed by atoms with Crippen molar-refractivity contribution in [2.45, 2.75) is 19.2 Å². The van der Waals surface area contributed by atoms with Gasteiger partial charge in [0.1, 0.15) is 0 Å². The van der Waals surface area contributed by atoms with Gasteiger partial charge < -0.3 is 4.57 Å². The molecule has 1 nitrogen and oxygen atoms in total. The first-order valence-corrected chi connectivity index (χ1v) is 4.75. The van der Waals surface area contributed by atoms with Crippen LogP contribution in [0.1, 0.15) is 16.8 Å². The van der Waals surface area contributed by atoms with Crippen LogP contribution >= 0.6 is 25.3 Å². The van der Waals surface area contributed by atoms with Crippen molar-refractivity contribution in [2.24, 2.45) is 0 Å². The Hall–Kier alpha value is -0.0200. The van der Waals surface area contributed by atoms with Crippen molar-refractivity contribution in [3.8, 4) is 0 Å². The van der Waals surface area contributed by atoms with E-state index in [2.05, 4.69) is 55.8 Å². The van der Waals surface area contributed by atoms with E-state index in [1.807, 2.05) is 0 Å². The first kappa shape index (κ1) is 9.07. The molecule has 1 atom stereocenters. The number of hydrogen-bond acceptors (Lipinski definition) is 2. The molecule has 0 aliphatic rings. The zero-order chi connectivity index (χ0) is 8.43. The summed E-state index contributed by atoms with van der Waals surface area (Å²) < 4.78 is 2.18. The van der Waals surface area contributed by atoms with E-state index in [0.717, 1.165) is 5.75 Å². The monoisotopic (exact) mass is 187 g/mol. The average Bonchev–Trinajstić information content (AvgIpc) is 2.30. The predicted octanol–water partition coefficient (Wildman–Crippen LogP) is 2.46. The largest absolute Gasteiger partial charge is 0.336 e. The second kappa shape index (κ2) is 3.59. The minimum Gasteiger partial charge on any atom is -0.336 e. The van der Waals surface area contributed by atoms with Crippen LogP contribution in [0.5, 0.6) is 0 Å². The molecule has 0 aliphatic carbocycles. The Bertz CT molecular complexity index is 223. The van der Waals surface area contributed by atoms with E-state index in [1.54, 1.807) is 0 Å². The molecule has 1 heterocycles. The first-order chi connectivity index (χ1) is 5.16. The van der Waals surface area contributed by atoms with Crippen LogP contribution in [0.3, 0.4) is 0 Å². The lowest BCUT2D eigenvalue weighted by Crippen LogP contribution is -2.07. The van der Waals surface area contributed by atoms with Crippen molar-refractivity contribution in [1.82, 2.24) is 4.57 Å². The Morgan fingerprint density at radius 1 is 1.36 bits per heavy atom. The molecule has 1 aromatic rings. The van der Waals surface area contributed by atoms with Gasteiger partial charge in [-0.15, -0.1) is 0 Å². The molecular weight excluding hydrogens is 174 g/mol. The van der Waals surface area contributed by atoms with Gasteiger partial charge in [-0.2, -0.15) is 25.3 Å². The number of aryl methyl sites for hydroxylation is 2. The van der Waals surface area contributed by atoms with Crippen LogP contribution in [0.15, 0.2) is 12.1 Å². The van der Waals surface area contributed by atoms with Gasteiger partial charge in [0.2, 0.25) is 0 Å². The Balaban J connectivity index is 3.00. The van der Waals surface area contributed by atoms with E-state index in [4.69, 9.17) is 0 Å². The molecule has 0 saturated carbocycles. The number of aromatic nitrogens is 1. The highest BCUT2D eigenvalue weighted by molar-refractivity contribution is 7.84. The maximum absolute atomic E-state index is 4.41. The summed E-state index contributed by atoms with van der Waals surface area (Å²) in [5.74, 6) is 0.763. The van der Waals surface area contributed by atoms with Crippen LogP contribution in [-0.4, -0.2) is 10.3 Å². The van der Waals surface area contributed by atoms with Crippen LogP contribution in [0, 0.1) is 13.8 Å². The van der Waals surface area contributed by atoms with Crippen LogP contribution in [0.25, 0.3) is 0 Å². The fraction of sp³-hybridized carbons (Fsp3) is 0.500. The Morgan fingerprint density at radius 3 is 2.18 bits per heavy atom. The molecule has 0 fully saturated rings. The van der Waals surface area contributed by atoms with Gasteiger partial charge in [-0.05, 0) is 26.0 Å². The van der Waals surface area contributed by atoms with Gasteiger partial charge in [-0.25, -0.2) is 0 Å². The first-order valence-electron chi connectivity index (χ1n) is 3.60. The van der Waals surface area contributed by atoms with Gasteiger partial charge >= 0.3 is 0 Å². The molecule has 0 bridgehead atoms. The fourth-order valence-corrected chi connectivity index (χ4v) is 1.76. The third kappa shape index (κ3) is 1.76. The van der Waals surface area contributed by atoms with E-state index in [0.29, 0.717) is 0 Å². The van der Waals surface area contributed by atoms with Gasteiger partial charge in [0.25, 0.3) is 0 Å². The molecule has 1 unspecified atom stereocenters. The number of thiol groups is 2. The van der Waals surface area contributed by atoms with Gasteiger partial charge in [0, 0.05) is 17.1 Å². The van der Waals surface area contributed by atoms with Crippen LogP contribution in [-0.2, 0) is 0 Å². The van der Waals surface area contributed by atoms with E-state index >= 15 is 0 Å². The van der Waals surface area contributed by atoms with E-state index < -0.39 is 0 Å². The number of rotatable bonds is 2. The van der Waals surface area contributed by atoms with Crippen molar-refractivity contribution in [3.63, 3.8) is 0 Å². The topological polar surface area (TPSA) is 4.93 Å². The lowest BCUT2D eigenvalue weighted by Gasteiger charge is -2.14. The van der Waals surface area contributed by atoms with Gasteiger partial charge in [0.15, 0.2) is 0 Å². The molecule has 0 spiro atoms. The van der Waals surface area contributed by atoms with Crippen LogP contribution < -0.4 is 0 Å². The average molecular weight is 187 g/mol. The molecule has 1 aromatic heterocycles. The van der Waals surface area contributed by atoms with E-state index in [9.17, 15) is 0 Å². The molecular formula is C8H13NS2. The van der Waals surface area contributed by atoms with Crippen molar-refractivity contribution < 1.29 is 0 Å². The van der Waals surface area contributed by atoms with Crippen molar-refractivity contribution >= 4 is 25.3 Å². The predicted molar refractivity (Wildman–Crippen MR) is 55.8 cm³/mol. The Kier molecular flexibility index (Phi) is 2.96. The molecule has 3 heteroatoms. The Labute approximate surface area is 78.6 Å². The third-order valence-electron chi connectivity index (χ3n) is 1.79. The molecule has 1 rings (SSSR count). The summed E-state index contributed by atoms with van der Waals surface area (Å²) in [4.78, 5) is 0. The second-order valence-electron chi connectivity index (χ2n) is 2.65. The zero-order valence-corrected chi connectivity index (χ0v) is 8.57. The molecule has 0 N–H and O–H groups in total. The van der Waals surface area contributed by atoms with Crippen molar-refractivity contribution in [2.75, 3.05) is 5.75 Å². The maximum Gasteiger partial charge on any atom is 0.0851 e. The Morgan fingerprint density at radius 2 is 1.82 bits per heavy atom. The van der Waals surface area contributed by atoms with Gasteiger partial charge in [-0.1, -0.05) is 0 Å². The highest BCUT2D eigenvalue weighted by Crippen LogP contribution is 2.19. The van der Waals surface area contributed by atoms with Crippen LogP contribution in [0.2, 0.25) is 0 Å². The van der Waals surface area contributed by atoms with Gasteiger partial charge in [-0.3, -0.25) is 0 Å². The van der Waals surface area contributed by atoms with E-state index in [-0.39, 0.29) is 5.37 Å². The fourth-order valence-electron chi connectivity index (χ4n) is 1.23. The summed E-state index contributed by atoms with van der Waals surface area (Å²) in [5.41, 5.74) is 2.49. The molecule has 0 amide bonds. The molecule has 0 radical (unpaired) electrons. The minimum absolute atomic E-state index is 0.202. The van der Waals surface area contributed by atoms with E-state index in [1.165, 1.54) is 11.4 Å². The maximum atomic E-state index is 4.41. The molecule has 0 saturated heterocycles. The second-order valence-corrected chi connectivity index (χ2v) is 3.61. The summed E-state index contributed by atoms with van der Waals surface area (Å²) in [6.07, 6.45) is 0. The number of hydrogen-bond donors (Lipinski definition) is 2. The standard InChI is InChI=1S/C8H13NS2/c1-6-3-4-7(2)9(6)8(11)5-10/h3-4,8,10-11H,5H2,1-2H3. The summed E-state index contributed by atoms with van der Waals surface area (Å²) >= 11 is 8.61. The third-order valence-corrected chi connectivity index (χ3v) is 2.83. The summed E-state index contributed by atoms with van der Waals surface area (Å²) in [7, 11) is 0. The lowest BCUT2D eigenvalue weighted by molar-refractivity contribution is 0.713.